The van der Waals surface area contributed by atoms with E-state index in [0.717, 1.165) is 17.4 Å². The predicted octanol–water partition coefficient (Wildman–Crippen LogP) is 1.21. The average molecular weight is 177 g/mol. The van der Waals surface area contributed by atoms with Gasteiger partial charge in [-0.3, -0.25) is 9.59 Å². The van der Waals surface area contributed by atoms with Crippen molar-refractivity contribution in [1.82, 2.24) is 0 Å². The maximum absolute atomic E-state index is 10.8. The molecule has 68 valence electrons. The molecule has 0 aliphatic carbocycles. The van der Waals surface area contributed by atoms with E-state index in [1.54, 1.807) is 26.0 Å². The highest BCUT2D eigenvalue weighted by molar-refractivity contribution is 5.94. The van der Waals surface area contributed by atoms with E-state index in [-0.39, 0.29) is 0 Å². The molecule has 0 aliphatic heterocycles. The lowest BCUT2D eigenvalue weighted by molar-refractivity contribution is 0.0999. The standard InChI is InChI=1S/C10H11NO2/c1-6-3-8(10(11)13)4-7(2)9(6)5-12/h3-5H,1-2H3,(H2,11,13). The molecule has 3 nitrogen and oxygen atoms in total. The van der Waals surface area contributed by atoms with E-state index in [1.165, 1.54) is 0 Å². The highest BCUT2D eigenvalue weighted by Gasteiger charge is 2.06. The SMILES string of the molecule is Cc1cc(C(N)=O)cc(C)c1C=O. The minimum absolute atomic E-state index is 0.445. The number of carbonyl (C=O) groups is 2. The van der Waals surface area contributed by atoms with Crippen molar-refractivity contribution in [2.24, 2.45) is 5.73 Å². The number of aldehydes is 1. The first-order valence-corrected chi connectivity index (χ1v) is 3.92. The molecule has 0 radical (unpaired) electrons. The van der Waals surface area contributed by atoms with Crippen molar-refractivity contribution in [3.05, 3.63) is 34.4 Å². The fraction of sp³-hybridized carbons (Fsp3) is 0.200. The fourth-order valence-electron chi connectivity index (χ4n) is 1.30. The lowest BCUT2D eigenvalue weighted by atomic mass is 10.0. The van der Waals surface area contributed by atoms with E-state index in [2.05, 4.69) is 0 Å². The summed E-state index contributed by atoms with van der Waals surface area (Å²) >= 11 is 0. The molecule has 13 heavy (non-hydrogen) atoms. The van der Waals surface area contributed by atoms with E-state index in [9.17, 15) is 9.59 Å². The number of hydrogen-bond acceptors (Lipinski definition) is 2. The van der Waals surface area contributed by atoms with Crippen LogP contribution in [0.25, 0.3) is 0 Å². The van der Waals surface area contributed by atoms with Gasteiger partial charge in [0.25, 0.3) is 0 Å². The van der Waals surface area contributed by atoms with Crippen LogP contribution in [0, 0.1) is 13.8 Å². The Kier molecular flexibility index (Phi) is 2.46. The molecule has 0 aromatic heterocycles. The molecule has 2 N–H and O–H groups in total. The van der Waals surface area contributed by atoms with Gasteiger partial charge in [-0.05, 0) is 37.1 Å². The van der Waals surface area contributed by atoms with Crippen LogP contribution in [-0.4, -0.2) is 12.2 Å². The number of rotatable bonds is 2. The van der Waals surface area contributed by atoms with Crippen LogP contribution in [0.3, 0.4) is 0 Å². The molecule has 3 heteroatoms. The van der Waals surface area contributed by atoms with Crippen LogP contribution < -0.4 is 5.73 Å². The summed E-state index contributed by atoms with van der Waals surface area (Å²) in [4.78, 5) is 21.5. The number of primary amides is 1. The maximum Gasteiger partial charge on any atom is 0.248 e. The van der Waals surface area contributed by atoms with Crippen LogP contribution in [0.4, 0.5) is 0 Å². The molecule has 0 spiro atoms. The summed E-state index contributed by atoms with van der Waals surface area (Å²) in [6.07, 6.45) is 0.787. The van der Waals surface area contributed by atoms with Gasteiger partial charge in [0, 0.05) is 11.1 Å². The van der Waals surface area contributed by atoms with Gasteiger partial charge in [0.05, 0.1) is 0 Å². The molecule has 0 saturated carbocycles. The number of amides is 1. The lowest BCUT2D eigenvalue weighted by Crippen LogP contribution is -2.12. The molecule has 1 rings (SSSR count). The third kappa shape index (κ3) is 1.75. The highest BCUT2D eigenvalue weighted by atomic mass is 16.1. The van der Waals surface area contributed by atoms with E-state index < -0.39 is 5.91 Å². The Bertz CT molecular complexity index is 346. The van der Waals surface area contributed by atoms with Crippen molar-refractivity contribution in [3.63, 3.8) is 0 Å². The minimum Gasteiger partial charge on any atom is -0.366 e. The molecular weight excluding hydrogens is 166 g/mol. The molecule has 0 unspecified atom stereocenters. The van der Waals surface area contributed by atoms with Crippen LogP contribution >= 0.6 is 0 Å². The zero-order chi connectivity index (χ0) is 10.0. The molecule has 0 aliphatic rings. The third-order valence-electron chi connectivity index (χ3n) is 2.00. The van der Waals surface area contributed by atoms with E-state index in [1.807, 2.05) is 0 Å². The number of hydrogen-bond donors (Lipinski definition) is 1. The molecular formula is C10H11NO2. The molecule has 1 aromatic carbocycles. The lowest BCUT2D eigenvalue weighted by Gasteiger charge is -2.04. The third-order valence-corrected chi connectivity index (χ3v) is 2.00. The van der Waals surface area contributed by atoms with Crippen LogP contribution in [-0.2, 0) is 0 Å². The highest BCUT2D eigenvalue weighted by Crippen LogP contribution is 2.14. The number of carbonyl (C=O) groups excluding carboxylic acids is 2. The first-order chi connectivity index (χ1) is 6.06. The summed E-state index contributed by atoms with van der Waals surface area (Å²) in [5.41, 5.74) is 7.75. The second-order valence-electron chi connectivity index (χ2n) is 3.01. The minimum atomic E-state index is -0.469. The summed E-state index contributed by atoms with van der Waals surface area (Å²) in [6.45, 7) is 3.56. The van der Waals surface area contributed by atoms with Gasteiger partial charge in [-0.2, -0.15) is 0 Å². The normalized spacial score (nSPS) is 9.69. The van der Waals surface area contributed by atoms with E-state index in [4.69, 9.17) is 5.73 Å². The zero-order valence-corrected chi connectivity index (χ0v) is 7.63. The smallest absolute Gasteiger partial charge is 0.248 e. The second-order valence-corrected chi connectivity index (χ2v) is 3.01. The average Bonchev–Trinajstić information content (AvgIpc) is 2.03. The predicted molar refractivity (Wildman–Crippen MR) is 49.8 cm³/mol. The quantitative estimate of drug-likeness (QED) is 0.690. The van der Waals surface area contributed by atoms with Gasteiger partial charge in [0.15, 0.2) is 6.29 Å². The largest absolute Gasteiger partial charge is 0.366 e. The Hall–Kier alpha value is -1.64. The van der Waals surface area contributed by atoms with Crippen molar-refractivity contribution in [3.8, 4) is 0 Å². The Morgan fingerprint density at radius 1 is 1.31 bits per heavy atom. The molecule has 0 fully saturated rings. The molecule has 0 saturated heterocycles. The van der Waals surface area contributed by atoms with Crippen molar-refractivity contribution in [1.29, 1.82) is 0 Å². The topological polar surface area (TPSA) is 60.2 Å². The Morgan fingerprint density at radius 3 is 2.08 bits per heavy atom. The Labute approximate surface area is 76.6 Å². The van der Waals surface area contributed by atoms with Gasteiger partial charge in [-0.15, -0.1) is 0 Å². The Balaban J connectivity index is 3.36. The molecule has 0 bridgehead atoms. The van der Waals surface area contributed by atoms with Gasteiger partial charge in [-0.1, -0.05) is 0 Å². The number of benzene rings is 1. The van der Waals surface area contributed by atoms with E-state index in [0.29, 0.717) is 11.1 Å². The van der Waals surface area contributed by atoms with Crippen molar-refractivity contribution in [2.45, 2.75) is 13.8 Å². The fourth-order valence-corrected chi connectivity index (χ4v) is 1.30. The van der Waals surface area contributed by atoms with Gasteiger partial charge in [0.2, 0.25) is 5.91 Å². The first kappa shape index (κ1) is 9.45. The summed E-state index contributed by atoms with van der Waals surface area (Å²) in [7, 11) is 0. The summed E-state index contributed by atoms with van der Waals surface area (Å²) in [5.74, 6) is -0.469. The van der Waals surface area contributed by atoms with Gasteiger partial charge >= 0.3 is 0 Å². The van der Waals surface area contributed by atoms with Crippen LogP contribution in [0.15, 0.2) is 12.1 Å². The zero-order valence-electron chi connectivity index (χ0n) is 7.63. The first-order valence-electron chi connectivity index (χ1n) is 3.92. The van der Waals surface area contributed by atoms with Gasteiger partial charge in [0.1, 0.15) is 0 Å². The van der Waals surface area contributed by atoms with Gasteiger partial charge < -0.3 is 5.73 Å². The number of nitrogens with two attached hydrogens (primary N) is 1. The van der Waals surface area contributed by atoms with Gasteiger partial charge in [-0.25, -0.2) is 0 Å². The molecule has 1 aromatic rings. The maximum atomic E-state index is 10.8. The van der Waals surface area contributed by atoms with Crippen LogP contribution in [0.5, 0.6) is 0 Å². The second kappa shape index (κ2) is 3.39. The summed E-state index contributed by atoms with van der Waals surface area (Å²) in [5, 5.41) is 0. The summed E-state index contributed by atoms with van der Waals surface area (Å²) < 4.78 is 0. The Morgan fingerprint density at radius 2 is 1.77 bits per heavy atom. The van der Waals surface area contributed by atoms with Crippen LogP contribution in [0.1, 0.15) is 31.8 Å². The van der Waals surface area contributed by atoms with Crippen molar-refractivity contribution < 1.29 is 9.59 Å². The van der Waals surface area contributed by atoms with Crippen molar-refractivity contribution in [2.75, 3.05) is 0 Å². The number of aryl methyl sites for hydroxylation is 2. The van der Waals surface area contributed by atoms with E-state index >= 15 is 0 Å². The summed E-state index contributed by atoms with van der Waals surface area (Å²) in [6, 6.07) is 3.25. The van der Waals surface area contributed by atoms with Crippen LogP contribution in [0.2, 0.25) is 0 Å². The monoisotopic (exact) mass is 177 g/mol. The van der Waals surface area contributed by atoms with Crippen molar-refractivity contribution >= 4 is 12.2 Å². The molecule has 1 amide bonds. The molecule has 0 atom stereocenters. The molecule has 0 heterocycles.